The molecule has 0 aromatic rings. The molecule has 5 unspecified atom stereocenters. The quantitative estimate of drug-likeness (QED) is 0.0259. The Kier molecular flexibility index (Phi) is 48.6. The molecule has 8 aliphatic rings. The zero-order chi connectivity index (χ0) is 112. The van der Waals surface area contributed by atoms with Gasteiger partial charge in [0.2, 0.25) is 0 Å². The molecule has 0 spiro atoms. The molecule has 8 fully saturated rings. The van der Waals surface area contributed by atoms with Crippen molar-refractivity contribution in [3.05, 3.63) is 98.2 Å². The van der Waals surface area contributed by atoms with Gasteiger partial charge in [0.05, 0.1) is 143 Å². The van der Waals surface area contributed by atoms with Gasteiger partial charge in [-0.3, -0.25) is 14.4 Å². The normalized spacial score (nSPS) is 33.0. The number of hydrogen-bond acceptors (Lipinski definition) is 20. The lowest BCUT2D eigenvalue weighted by atomic mass is 9.79. The molecule has 20 nitrogen and oxygen atoms in total. The van der Waals surface area contributed by atoms with Crippen LogP contribution in [0.4, 0.5) is 0 Å². The molecule has 33 atom stereocenters. The molecular formula is C122H222O20Si6. The number of rotatable bonds is 48. The van der Waals surface area contributed by atoms with Gasteiger partial charge in [-0.15, -0.1) is 13.2 Å². The molecule has 0 saturated carbocycles. The first-order valence-electron chi connectivity index (χ1n) is 57.7. The summed E-state index contributed by atoms with van der Waals surface area (Å²) in [4.78, 5) is 39.5. The van der Waals surface area contributed by atoms with E-state index in [-0.39, 0.29) is 211 Å². The summed E-state index contributed by atoms with van der Waals surface area (Å²) in [6.07, 6.45) is 22.4. The van der Waals surface area contributed by atoms with Crippen LogP contribution in [0.15, 0.2) is 98.2 Å². The van der Waals surface area contributed by atoms with Crippen molar-refractivity contribution in [1.82, 2.24) is 0 Å². The van der Waals surface area contributed by atoms with Gasteiger partial charge in [0.15, 0.2) is 55.7 Å². The number of aliphatic hydroxyl groups is 1. The lowest BCUT2D eigenvalue weighted by molar-refractivity contribution is -0.184. The van der Waals surface area contributed by atoms with E-state index in [9.17, 15) is 19.5 Å². The number of aliphatic hydroxyl groups excluding tert-OH is 1. The van der Waals surface area contributed by atoms with E-state index in [0.29, 0.717) is 75.9 Å². The maximum atomic E-state index is 13.9. The standard InChI is InChI=1S/C61H112O10Si3.C61H110O10Si3/c2*1-25-26-51-43(6)44(7)57(71-74(23,24)61(15,16)17)58(69-51)52(70-73(21,22)60(12,13)14)31-28-46(62)27-29-47-35-41(4)50(66-47)32-30-48-34-40(3)42(5)54(67-48)37-55-49(36-56(63)64-18)45(8)53(68-55)33-39(2)38-65-72(19,20)59(9,10)11/h25,28,31,39-40,43-55,57-58,62H,1,4-5,26-27,29-30,32-38H2,2-3,6-24H3;25,28,31,39-40,43-45,47-55,57-58H,1,4-5,26-27,29-30,32-38H2,2-3,6-24H3/b2*31-28+/t39-,40+,43+,44-,45+,46?,47-,48-,49+,50?,51-,52-,53+,54+,55?,57-,58-;39-,40+,43+,44-,45+,47-,48-,49+,50?,51-,52-,53+,54+,55?,57-,58-/m00/s1. The van der Waals surface area contributed by atoms with E-state index in [2.05, 4.69) is 318 Å². The van der Waals surface area contributed by atoms with Crippen molar-refractivity contribution in [2.24, 2.45) is 71.0 Å². The average molecular weight is 2180 g/mol. The van der Waals surface area contributed by atoms with Gasteiger partial charge in [-0.2, -0.15) is 0 Å². The summed E-state index contributed by atoms with van der Waals surface area (Å²) in [5.41, 5.74) is 4.40. The van der Waals surface area contributed by atoms with Crippen molar-refractivity contribution in [3.63, 3.8) is 0 Å². The lowest BCUT2D eigenvalue weighted by Gasteiger charge is -2.52. The van der Waals surface area contributed by atoms with Crippen LogP contribution in [0.5, 0.6) is 0 Å². The van der Waals surface area contributed by atoms with Gasteiger partial charge in [0.1, 0.15) is 12.2 Å². The van der Waals surface area contributed by atoms with Crippen LogP contribution in [0.3, 0.4) is 0 Å². The Morgan fingerprint density at radius 3 is 1.07 bits per heavy atom. The van der Waals surface area contributed by atoms with Crippen molar-refractivity contribution >= 4 is 67.6 Å². The molecule has 0 radical (unpaired) electrons. The Morgan fingerprint density at radius 1 is 0.399 bits per heavy atom. The summed E-state index contributed by atoms with van der Waals surface area (Å²) in [6.45, 7) is 119. The third-order valence-electron chi connectivity index (χ3n) is 38.9. The first-order chi connectivity index (χ1) is 67.9. The van der Waals surface area contributed by atoms with Crippen LogP contribution >= 0.6 is 0 Å². The molecule has 26 heteroatoms. The van der Waals surface area contributed by atoms with Gasteiger partial charge < -0.3 is 79.0 Å². The minimum absolute atomic E-state index is 0.00114. The van der Waals surface area contributed by atoms with Gasteiger partial charge in [-0.05, 0) is 293 Å². The minimum Gasteiger partial charge on any atom is -0.469 e. The molecule has 8 saturated heterocycles. The molecule has 0 bridgehead atoms. The van der Waals surface area contributed by atoms with Crippen LogP contribution in [0, 0.1) is 71.0 Å². The van der Waals surface area contributed by atoms with E-state index in [1.165, 1.54) is 14.2 Å². The molecule has 0 aromatic heterocycles. The molecule has 854 valence electrons. The highest BCUT2D eigenvalue weighted by Gasteiger charge is 2.57. The van der Waals surface area contributed by atoms with E-state index in [0.717, 1.165) is 106 Å². The van der Waals surface area contributed by atoms with Gasteiger partial charge in [0, 0.05) is 44.3 Å². The summed E-state index contributed by atoms with van der Waals surface area (Å²) >= 11 is 0. The topological polar surface area (TPSA) is 219 Å². The van der Waals surface area contributed by atoms with E-state index in [1.807, 2.05) is 24.3 Å². The Labute approximate surface area is 910 Å². The van der Waals surface area contributed by atoms with Crippen molar-refractivity contribution in [2.45, 2.75) is 559 Å². The molecule has 8 heterocycles. The minimum atomic E-state index is -2.33. The largest absolute Gasteiger partial charge is 0.469 e. The maximum absolute atomic E-state index is 13.9. The molecule has 0 amide bonds. The average Bonchev–Trinajstić information content (AvgIpc) is 1.02. The highest BCUT2D eigenvalue weighted by molar-refractivity contribution is 6.76. The molecule has 0 aromatic carbocycles. The monoisotopic (exact) mass is 2180 g/mol. The first kappa shape index (κ1) is 132. The van der Waals surface area contributed by atoms with Crippen molar-refractivity contribution in [1.29, 1.82) is 0 Å². The van der Waals surface area contributed by atoms with Gasteiger partial charge in [0.25, 0.3) is 0 Å². The molecule has 8 rings (SSSR count). The van der Waals surface area contributed by atoms with E-state index in [4.69, 9.17) is 73.9 Å². The number of allylic oxidation sites excluding steroid dienone is 1. The Bertz CT molecular complexity index is 4300. The van der Waals surface area contributed by atoms with Crippen LogP contribution in [0.2, 0.25) is 109 Å². The summed E-state index contributed by atoms with van der Waals surface area (Å²) in [7, 11) is -9.86. The van der Waals surface area contributed by atoms with Crippen molar-refractivity contribution in [2.75, 3.05) is 27.4 Å². The Balaban J connectivity index is 0.000000401. The number of hydrogen-bond donors (Lipinski definition) is 1. The summed E-state index contributed by atoms with van der Waals surface area (Å²) in [5.74, 6) is 2.29. The van der Waals surface area contributed by atoms with Crippen LogP contribution in [-0.2, 0) is 88.3 Å². The van der Waals surface area contributed by atoms with Crippen LogP contribution in [0.1, 0.15) is 322 Å². The Morgan fingerprint density at radius 2 is 0.736 bits per heavy atom. The van der Waals surface area contributed by atoms with Crippen LogP contribution in [-0.4, -0.2) is 228 Å². The fourth-order valence-electron chi connectivity index (χ4n) is 21.4. The molecular weight excluding hydrogens is 1950 g/mol. The van der Waals surface area contributed by atoms with Crippen LogP contribution < -0.4 is 0 Å². The lowest BCUT2D eigenvalue weighted by Crippen LogP contribution is -2.60. The smallest absolute Gasteiger partial charge is 0.305 e. The number of carbonyl (C=O) groups is 3. The highest BCUT2D eigenvalue weighted by Crippen LogP contribution is 2.53. The van der Waals surface area contributed by atoms with Gasteiger partial charge in [-0.25, -0.2) is 0 Å². The molecule has 8 aliphatic heterocycles. The number of methoxy groups -OCH3 is 2. The molecule has 148 heavy (non-hydrogen) atoms. The number of ether oxygens (including phenoxy) is 10. The summed E-state index contributed by atoms with van der Waals surface area (Å²) < 4.78 is 108. The van der Waals surface area contributed by atoms with Gasteiger partial charge >= 0.3 is 11.9 Å². The Hall–Kier alpha value is -2.77. The summed E-state index contributed by atoms with van der Waals surface area (Å²) in [5, 5.41) is 11.9. The van der Waals surface area contributed by atoms with Crippen LogP contribution in [0.25, 0.3) is 0 Å². The van der Waals surface area contributed by atoms with E-state index < -0.39 is 68.2 Å². The van der Waals surface area contributed by atoms with Gasteiger partial charge in [-0.1, -0.05) is 251 Å². The fourth-order valence-corrected chi connectivity index (χ4v) is 29.0. The fraction of sp³-hybridized carbons (Fsp3) is 0.844. The zero-order valence-corrected chi connectivity index (χ0v) is 108. The second kappa shape index (κ2) is 54.4. The second-order valence-electron chi connectivity index (χ2n) is 56.6. The third-order valence-corrected chi connectivity index (χ3v) is 65.8. The van der Waals surface area contributed by atoms with E-state index >= 15 is 0 Å². The summed E-state index contributed by atoms with van der Waals surface area (Å²) in [6, 6.07) is 0. The number of ketones is 1. The van der Waals surface area contributed by atoms with Crippen molar-refractivity contribution < 1.29 is 93.4 Å². The van der Waals surface area contributed by atoms with Crippen molar-refractivity contribution in [3.8, 4) is 0 Å². The van der Waals surface area contributed by atoms with E-state index in [1.54, 1.807) is 6.08 Å². The zero-order valence-electron chi connectivity index (χ0n) is 102. The number of carbonyl (C=O) groups excluding carboxylic acids is 3. The third kappa shape index (κ3) is 36.1. The first-order valence-corrected chi connectivity index (χ1v) is 75.2. The second-order valence-corrected chi connectivity index (χ2v) is 85.3. The SMILES string of the molecule is C=CC[C@@H]1O[C@@H]([C@H](/C=C/C(=O)CC[C@H]2CC(=C)C(CC[C@H]3C[C@@H](C)C(=C)[C@@H](CC4O[C@H](C[C@H](C)CO[Si](C)(C)C(C)(C)C)[C@H](C)[C@H]4CC(=O)OC)O3)O2)O[Si](C)(C)C(C)(C)C)[C@@H](O[Si](C)(C)C(C)(C)C)[C@@H](C)[C@H]1C.C=CC[C@@H]1O[C@@H]([C@H](/C=C/C(O)CC[C@H]2CC(=C)C(CC[C@H]3C[C@@H](C)C(=C)[C@@H](CC4O[C@H](C[C@H](C)CO[Si](C)(C)C(C)(C)C)[C@H](C)[C@H]4CC(=O)OC)O3)O2)O[Si](C)(C)C(C)(C)C)[C@@H](O[Si](C)(C)C(C)(C)C)[C@@H](C)[C@H]1C. The molecule has 0 aliphatic carbocycles. The number of esters is 2. The predicted molar refractivity (Wildman–Crippen MR) is 625 cm³/mol. The predicted octanol–water partition coefficient (Wildman–Crippen LogP) is 30.1. The maximum Gasteiger partial charge on any atom is 0.305 e. The highest BCUT2D eigenvalue weighted by atomic mass is 28.4. The molecule has 1 N–H and O–H groups in total.